The van der Waals surface area contributed by atoms with Crippen LogP contribution in [0.3, 0.4) is 0 Å². The van der Waals surface area contributed by atoms with Crippen LogP contribution in [-0.2, 0) is 0 Å². The van der Waals surface area contributed by atoms with Crippen molar-refractivity contribution < 1.29 is 4.79 Å². The lowest BCUT2D eigenvalue weighted by atomic mass is 9.45. The van der Waals surface area contributed by atoms with Crippen molar-refractivity contribution in [1.29, 1.82) is 0 Å². The zero-order chi connectivity index (χ0) is 13.6. The van der Waals surface area contributed by atoms with Crippen LogP contribution >= 0.6 is 0 Å². The van der Waals surface area contributed by atoms with Gasteiger partial charge in [-0.2, -0.15) is 0 Å². The van der Waals surface area contributed by atoms with Gasteiger partial charge < -0.3 is 5.32 Å². The van der Waals surface area contributed by atoms with E-state index in [-0.39, 0.29) is 0 Å². The maximum Gasteiger partial charge on any atom is 0.152 e. The third-order valence-corrected chi connectivity index (χ3v) is 5.78. The Morgan fingerprint density at radius 3 is 2.63 bits per heavy atom. The van der Waals surface area contributed by atoms with Crippen molar-refractivity contribution >= 4 is 12.0 Å². The fourth-order valence-electron chi connectivity index (χ4n) is 4.27. The number of aldehydes is 1. The number of carbonyl (C=O) groups is 1. The van der Waals surface area contributed by atoms with Crippen molar-refractivity contribution in [2.24, 2.45) is 23.2 Å². The van der Waals surface area contributed by atoms with E-state index in [9.17, 15) is 4.79 Å². The van der Waals surface area contributed by atoms with Gasteiger partial charge in [0.15, 0.2) is 6.29 Å². The predicted molar refractivity (Wildman–Crippen MR) is 78.4 cm³/mol. The minimum atomic E-state index is 0.512. The zero-order valence-corrected chi connectivity index (χ0v) is 12.0. The number of benzene rings is 1. The Hall–Kier alpha value is -1.31. The molecule has 0 heterocycles. The summed E-state index contributed by atoms with van der Waals surface area (Å²) >= 11 is 0. The molecule has 2 nitrogen and oxygen atoms in total. The first kappa shape index (κ1) is 12.7. The predicted octanol–water partition coefficient (Wildman–Crippen LogP) is 3.98. The van der Waals surface area contributed by atoms with E-state index in [0.717, 1.165) is 29.4 Å². The van der Waals surface area contributed by atoms with Crippen LogP contribution in [-0.4, -0.2) is 12.3 Å². The number of fused-ring (bicyclic) bond motifs is 2. The fourth-order valence-corrected chi connectivity index (χ4v) is 4.27. The molecule has 0 unspecified atom stereocenters. The normalized spacial score (nSPS) is 35.3. The largest absolute Gasteiger partial charge is 0.381 e. The second-order valence-electron chi connectivity index (χ2n) is 6.91. The van der Waals surface area contributed by atoms with E-state index < -0.39 is 0 Å². The van der Waals surface area contributed by atoms with Gasteiger partial charge >= 0.3 is 0 Å². The first-order valence-corrected chi connectivity index (χ1v) is 7.34. The van der Waals surface area contributed by atoms with Crippen LogP contribution in [0.5, 0.6) is 0 Å². The molecule has 102 valence electrons. The van der Waals surface area contributed by atoms with Gasteiger partial charge in [0.1, 0.15) is 0 Å². The molecule has 0 saturated heterocycles. The van der Waals surface area contributed by atoms with Gasteiger partial charge in [0.25, 0.3) is 0 Å². The van der Waals surface area contributed by atoms with E-state index in [0.29, 0.717) is 17.4 Å². The second kappa shape index (κ2) is 4.36. The van der Waals surface area contributed by atoms with E-state index in [4.69, 9.17) is 0 Å². The Kier molecular flexibility index (Phi) is 2.92. The number of para-hydroxylation sites is 1. The molecule has 3 saturated carbocycles. The van der Waals surface area contributed by atoms with Gasteiger partial charge in [-0.15, -0.1) is 0 Å². The monoisotopic (exact) mass is 257 g/mol. The van der Waals surface area contributed by atoms with Gasteiger partial charge in [0, 0.05) is 17.3 Å². The molecule has 3 aliphatic rings. The summed E-state index contributed by atoms with van der Waals surface area (Å²) in [6.45, 7) is 7.19. The topological polar surface area (TPSA) is 29.1 Å². The van der Waals surface area contributed by atoms with Gasteiger partial charge in [-0.1, -0.05) is 32.9 Å². The molecule has 0 aliphatic heterocycles. The van der Waals surface area contributed by atoms with E-state index in [1.54, 1.807) is 0 Å². The number of hydrogen-bond donors (Lipinski definition) is 1. The van der Waals surface area contributed by atoms with Crippen molar-refractivity contribution in [3.05, 3.63) is 29.8 Å². The standard InChI is InChI=1S/C17H23NO/c1-11-14-8-13(17(14,2)3)9-16(11)18-15-7-5-4-6-12(15)10-19/h4-7,10-11,13-14,16,18H,8-9H2,1-3H3/t11-,13-,14-,16+/m1/s1. The van der Waals surface area contributed by atoms with Gasteiger partial charge in [0.05, 0.1) is 0 Å². The van der Waals surface area contributed by atoms with Crippen LogP contribution in [0.15, 0.2) is 24.3 Å². The Bertz CT molecular complexity index is 494. The van der Waals surface area contributed by atoms with E-state index in [1.807, 2.05) is 24.3 Å². The van der Waals surface area contributed by atoms with Crippen molar-refractivity contribution in [3.8, 4) is 0 Å². The summed E-state index contributed by atoms with van der Waals surface area (Å²) in [6.07, 6.45) is 3.57. The first-order valence-electron chi connectivity index (χ1n) is 7.34. The molecule has 1 N–H and O–H groups in total. The third kappa shape index (κ3) is 1.89. The molecule has 4 rings (SSSR count). The minimum absolute atomic E-state index is 0.512. The van der Waals surface area contributed by atoms with Crippen LogP contribution < -0.4 is 5.32 Å². The summed E-state index contributed by atoms with van der Waals surface area (Å²) in [5.41, 5.74) is 2.28. The molecule has 0 radical (unpaired) electrons. The van der Waals surface area contributed by atoms with E-state index >= 15 is 0 Å². The van der Waals surface area contributed by atoms with Crippen molar-refractivity contribution in [1.82, 2.24) is 0 Å². The Morgan fingerprint density at radius 1 is 1.26 bits per heavy atom. The summed E-state index contributed by atoms with van der Waals surface area (Å²) in [4.78, 5) is 11.1. The van der Waals surface area contributed by atoms with Crippen LogP contribution in [0.2, 0.25) is 0 Å². The number of rotatable bonds is 3. The third-order valence-electron chi connectivity index (χ3n) is 5.78. The molecule has 19 heavy (non-hydrogen) atoms. The van der Waals surface area contributed by atoms with E-state index in [1.165, 1.54) is 12.8 Å². The summed E-state index contributed by atoms with van der Waals surface area (Å²) in [5, 5.41) is 3.62. The molecule has 0 spiro atoms. The average molecular weight is 257 g/mol. The highest BCUT2D eigenvalue weighted by Gasteiger charge is 2.56. The van der Waals surface area contributed by atoms with Crippen LogP contribution in [0.1, 0.15) is 44.0 Å². The lowest BCUT2D eigenvalue weighted by molar-refractivity contribution is -0.105. The highest BCUT2D eigenvalue weighted by atomic mass is 16.1. The summed E-state index contributed by atoms with van der Waals surface area (Å²) < 4.78 is 0. The highest BCUT2D eigenvalue weighted by Crippen LogP contribution is 2.61. The molecular formula is C17H23NO. The average Bonchev–Trinajstić information content (AvgIpc) is 2.41. The SMILES string of the molecule is C[C@H]1[C@@H](Nc2ccccc2C=O)C[C@H]2C[C@H]1C2(C)C. The zero-order valence-electron chi connectivity index (χ0n) is 12.0. The van der Waals surface area contributed by atoms with Crippen LogP contribution in [0, 0.1) is 23.2 Å². The maximum atomic E-state index is 11.1. The first-order chi connectivity index (χ1) is 9.04. The Labute approximate surface area is 115 Å². The van der Waals surface area contributed by atoms with Crippen molar-refractivity contribution in [3.63, 3.8) is 0 Å². The molecule has 4 atom stereocenters. The smallest absolute Gasteiger partial charge is 0.152 e. The van der Waals surface area contributed by atoms with Gasteiger partial charge in [-0.05, 0) is 48.1 Å². The minimum Gasteiger partial charge on any atom is -0.381 e. The quantitative estimate of drug-likeness (QED) is 0.830. The Morgan fingerprint density at radius 2 is 2.00 bits per heavy atom. The number of hydrogen-bond acceptors (Lipinski definition) is 2. The molecule has 3 fully saturated rings. The molecule has 0 aromatic heterocycles. The van der Waals surface area contributed by atoms with Crippen molar-refractivity contribution in [2.75, 3.05) is 5.32 Å². The molecule has 2 bridgehead atoms. The highest BCUT2D eigenvalue weighted by molar-refractivity contribution is 5.84. The maximum absolute atomic E-state index is 11.1. The number of nitrogens with one attached hydrogen (secondary N) is 1. The second-order valence-corrected chi connectivity index (χ2v) is 6.91. The lowest BCUT2D eigenvalue weighted by Crippen LogP contribution is -2.58. The van der Waals surface area contributed by atoms with Crippen LogP contribution in [0.4, 0.5) is 5.69 Å². The fraction of sp³-hybridized carbons (Fsp3) is 0.588. The van der Waals surface area contributed by atoms with Crippen LogP contribution in [0.25, 0.3) is 0 Å². The van der Waals surface area contributed by atoms with Gasteiger partial charge in [-0.3, -0.25) is 4.79 Å². The Balaban J connectivity index is 1.77. The molecule has 0 amide bonds. The van der Waals surface area contributed by atoms with E-state index in [2.05, 4.69) is 26.1 Å². The van der Waals surface area contributed by atoms with Crippen molar-refractivity contribution in [2.45, 2.75) is 39.7 Å². The molecule has 2 heteroatoms. The lowest BCUT2D eigenvalue weighted by Gasteiger charge is -2.62. The van der Waals surface area contributed by atoms with Gasteiger partial charge in [0.2, 0.25) is 0 Å². The summed E-state index contributed by atoms with van der Waals surface area (Å²) in [6, 6.07) is 8.32. The summed E-state index contributed by atoms with van der Waals surface area (Å²) in [7, 11) is 0. The molecular weight excluding hydrogens is 234 g/mol. The number of carbonyl (C=O) groups excluding carboxylic acids is 1. The number of anilines is 1. The molecule has 1 aromatic rings. The van der Waals surface area contributed by atoms with Gasteiger partial charge in [-0.25, -0.2) is 0 Å². The summed E-state index contributed by atoms with van der Waals surface area (Å²) in [5.74, 6) is 2.35. The molecule has 3 aliphatic carbocycles. The molecule has 1 aromatic carbocycles.